The first-order valence-electron chi connectivity index (χ1n) is 13.3. The Kier molecular flexibility index (Phi) is 6.74. The Balaban J connectivity index is 1.53. The lowest BCUT2D eigenvalue weighted by atomic mass is 10.0. The molecule has 1 atom stereocenters. The van der Waals surface area contributed by atoms with Gasteiger partial charge in [0.25, 0.3) is 0 Å². The number of carbonyl (C=O) groups excluding carboxylic acids is 1. The number of carbonyl (C=O) groups is 1. The Hall–Kier alpha value is -4.98. The van der Waals surface area contributed by atoms with Crippen molar-refractivity contribution in [3.05, 3.63) is 120 Å². The fourth-order valence-electron chi connectivity index (χ4n) is 5.43. The summed E-state index contributed by atoms with van der Waals surface area (Å²) in [5.41, 5.74) is 5.44. The number of fused-ring (bicyclic) bond motifs is 3. The Morgan fingerprint density at radius 3 is 2.40 bits per heavy atom. The molecular formula is C32H31N5O3. The van der Waals surface area contributed by atoms with E-state index in [2.05, 4.69) is 53.3 Å². The molecule has 8 nitrogen and oxygen atoms in total. The zero-order chi connectivity index (χ0) is 27.6. The third kappa shape index (κ3) is 4.37. The van der Waals surface area contributed by atoms with Gasteiger partial charge in [0.05, 0.1) is 49.6 Å². The van der Waals surface area contributed by atoms with Crippen LogP contribution in [0.5, 0.6) is 11.5 Å². The molecule has 0 aliphatic carbocycles. The molecular weight excluding hydrogens is 502 g/mol. The number of hydrogen-bond acceptors (Lipinski definition) is 4. The van der Waals surface area contributed by atoms with Crippen molar-refractivity contribution in [3.8, 4) is 23.0 Å². The highest BCUT2D eigenvalue weighted by Crippen LogP contribution is 2.39. The van der Waals surface area contributed by atoms with Crippen molar-refractivity contribution in [2.75, 3.05) is 19.5 Å². The summed E-state index contributed by atoms with van der Waals surface area (Å²) in [6.45, 7) is 2.46. The number of benzene rings is 3. The highest BCUT2D eigenvalue weighted by molar-refractivity contribution is 5.92. The van der Waals surface area contributed by atoms with Crippen LogP contribution in [0.1, 0.15) is 35.5 Å². The monoisotopic (exact) mass is 533 g/mol. The number of aromatic nitrogens is 3. The van der Waals surface area contributed by atoms with E-state index in [1.54, 1.807) is 32.4 Å². The highest BCUT2D eigenvalue weighted by Gasteiger charge is 2.36. The van der Waals surface area contributed by atoms with Gasteiger partial charge in [0, 0.05) is 17.8 Å². The van der Waals surface area contributed by atoms with Crippen LogP contribution in [0.25, 0.3) is 11.5 Å². The van der Waals surface area contributed by atoms with Crippen LogP contribution in [0.3, 0.4) is 0 Å². The molecule has 0 radical (unpaired) electrons. The minimum Gasteiger partial charge on any atom is -0.497 e. The molecule has 1 aliphatic rings. The average molecular weight is 534 g/mol. The lowest BCUT2D eigenvalue weighted by molar-refractivity contribution is 0.194. The summed E-state index contributed by atoms with van der Waals surface area (Å²) in [4.78, 5) is 16.1. The number of amides is 2. The van der Waals surface area contributed by atoms with Gasteiger partial charge in [-0.25, -0.2) is 9.48 Å². The minimum atomic E-state index is -0.353. The van der Waals surface area contributed by atoms with E-state index in [1.165, 1.54) is 0 Å². The first-order valence-corrected chi connectivity index (χ1v) is 13.3. The molecule has 5 aromatic rings. The minimum absolute atomic E-state index is 0.254. The number of hydrogen-bond donors (Lipinski definition) is 1. The van der Waals surface area contributed by atoms with Crippen molar-refractivity contribution in [1.82, 2.24) is 19.2 Å². The van der Waals surface area contributed by atoms with Gasteiger partial charge < -0.3 is 24.3 Å². The van der Waals surface area contributed by atoms with Gasteiger partial charge in [-0.15, -0.1) is 0 Å². The van der Waals surface area contributed by atoms with E-state index < -0.39 is 0 Å². The van der Waals surface area contributed by atoms with Gasteiger partial charge in [0.2, 0.25) is 0 Å². The molecule has 0 unspecified atom stereocenters. The predicted octanol–water partition coefficient (Wildman–Crippen LogP) is 6.38. The third-order valence-corrected chi connectivity index (χ3v) is 7.33. The zero-order valence-electron chi connectivity index (χ0n) is 22.7. The molecule has 8 heteroatoms. The lowest BCUT2D eigenvalue weighted by Gasteiger charge is -2.31. The van der Waals surface area contributed by atoms with Crippen LogP contribution in [0, 0.1) is 0 Å². The van der Waals surface area contributed by atoms with E-state index in [-0.39, 0.29) is 12.1 Å². The molecule has 6 rings (SSSR count). The summed E-state index contributed by atoms with van der Waals surface area (Å²) in [5.74, 6) is 2.12. The maximum absolute atomic E-state index is 14.3. The van der Waals surface area contributed by atoms with Crippen LogP contribution in [0.4, 0.5) is 10.5 Å². The molecule has 0 fully saturated rings. The number of aryl methyl sites for hydroxylation is 1. The number of ether oxygens (including phenoxy) is 2. The molecule has 0 saturated carbocycles. The lowest BCUT2D eigenvalue weighted by Crippen LogP contribution is -2.38. The molecule has 40 heavy (non-hydrogen) atoms. The molecule has 202 valence electrons. The van der Waals surface area contributed by atoms with Gasteiger partial charge in [0.1, 0.15) is 17.3 Å². The normalized spacial score (nSPS) is 14.2. The summed E-state index contributed by atoms with van der Waals surface area (Å²) < 4.78 is 15.1. The van der Waals surface area contributed by atoms with E-state index in [9.17, 15) is 4.79 Å². The van der Waals surface area contributed by atoms with Crippen molar-refractivity contribution in [2.45, 2.75) is 25.9 Å². The number of para-hydroxylation sites is 1. The van der Waals surface area contributed by atoms with E-state index in [4.69, 9.17) is 14.6 Å². The molecule has 0 bridgehead atoms. The standard InChI is InChI=1S/C32H31N5O3/c1-4-26-25-21-36(32(38)33-27-20-24(39-2)17-18-29(27)40-3)30(22-12-7-5-8-13-22)28-16-11-19-35(28)31(25)37(34-26)23-14-9-6-10-15-23/h5-20,30H,4,21H2,1-3H3,(H,33,38)/t30-/m1/s1. The number of rotatable bonds is 6. The Morgan fingerprint density at radius 2 is 1.70 bits per heavy atom. The summed E-state index contributed by atoms with van der Waals surface area (Å²) in [6.07, 6.45) is 2.78. The fraction of sp³-hybridized carbons (Fsp3) is 0.188. The summed E-state index contributed by atoms with van der Waals surface area (Å²) in [6, 6.07) is 29.1. The van der Waals surface area contributed by atoms with Crippen molar-refractivity contribution >= 4 is 11.7 Å². The van der Waals surface area contributed by atoms with Crippen LogP contribution >= 0.6 is 0 Å². The van der Waals surface area contributed by atoms with Crippen LogP contribution in [-0.2, 0) is 13.0 Å². The van der Waals surface area contributed by atoms with Gasteiger partial charge in [-0.05, 0) is 48.4 Å². The summed E-state index contributed by atoms with van der Waals surface area (Å²) >= 11 is 0. The molecule has 3 heterocycles. The van der Waals surface area contributed by atoms with E-state index in [0.29, 0.717) is 23.7 Å². The number of methoxy groups -OCH3 is 2. The van der Waals surface area contributed by atoms with Gasteiger partial charge >= 0.3 is 6.03 Å². The predicted molar refractivity (Wildman–Crippen MR) is 155 cm³/mol. The van der Waals surface area contributed by atoms with Crippen LogP contribution in [0.2, 0.25) is 0 Å². The van der Waals surface area contributed by atoms with Gasteiger partial charge in [-0.2, -0.15) is 5.10 Å². The quantitative estimate of drug-likeness (QED) is 0.275. The highest BCUT2D eigenvalue weighted by atomic mass is 16.5. The second-order valence-corrected chi connectivity index (χ2v) is 9.59. The van der Waals surface area contributed by atoms with Crippen molar-refractivity contribution in [2.24, 2.45) is 0 Å². The smallest absolute Gasteiger partial charge is 0.323 e. The molecule has 3 aromatic carbocycles. The Labute approximate surface area is 233 Å². The second-order valence-electron chi connectivity index (χ2n) is 9.59. The van der Waals surface area contributed by atoms with Crippen LogP contribution in [-0.4, -0.2) is 39.5 Å². The molecule has 1 aliphatic heterocycles. The largest absolute Gasteiger partial charge is 0.497 e. The second kappa shape index (κ2) is 10.6. The average Bonchev–Trinajstić information content (AvgIpc) is 3.59. The van der Waals surface area contributed by atoms with E-state index in [0.717, 1.165) is 40.4 Å². The Morgan fingerprint density at radius 1 is 0.950 bits per heavy atom. The van der Waals surface area contributed by atoms with E-state index >= 15 is 0 Å². The van der Waals surface area contributed by atoms with Crippen molar-refractivity contribution in [3.63, 3.8) is 0 Å². The first kappa shape index (κ1) is 25.3. The number of anilines is 1. The number of nitrogens with zero attached hydrogens (tertiary/aromatic N) is 4. The number of urea groups is 1. The van der Waals surface area contributed by atoms with Gasteiger partial charge in [0.15, 0.2) is 0 Å². The summed E-state index contributed by atoms with van der Waals surface area (Å²) in [5, 5.41) is 8.14. The Bertz CT molecular complexity index is 1640. The molecule has 2 aromatic heterocycles. The first-order chi connectivity index (χ1) is 19.6. The van der Waals surface area contributed by atoms with E-state index in [1.807, 2.05) is 52.0 Å². The molecule has 0 saturated heterocycles. The third-order valence-electron chi connectivity index (χ3n) is 7.33. The van der Waals surface area contributed by atoms with Gasteiger partial charge in [-0.1, -0.05) is 55.5 Å². The van der Waals surface area contributed by atoms with Gasteiger partial charge in [-0.3, -0.25) is 0 Å². The van der Waals surface area contributed by atoms with Crippen LogP contribution < -0.4 is 14.8 Å². The van der Waals surface area contributed by atoms with Crippen molar-refractivity contribution < 1.29 is 14.3 Å². The number of nitrogens with one attached hydrogen (secondary N) is 1. The molecule has 0 spiro atoms. The fourth-order valence-corrected chi connectivity index (χ4v) is 5.43. The zero-order valence-corrected chi connectivity index (χ0v) is 22.7. The molecule has 1 N–H and O–H groups in total. The maximum Gasteiger partial charge on any atom is 0.323 e. The molecule has 2 amide bonds. The summed E-state index contributed by atoms with van der Waals surface area (Å²) in [7, 11) is 3.18. The maximum atomic E-state index is 14.3. The SMILES string of the molecule is CCc1nn(-c2ccccc2)c2c1CN(C(=O)Nc1cc(OC)ccc1OC)[C@H](c1ccccc1)c1cccn1-2. The van der Waals surface area contributed by atoms with Crippen molar-refractivity contribution in [1.29, 1.82) is 0 Å². The van der Waals surface area contributed by atoms with Crippen LogP contribution in [0.15, 0.2) is 97.2 Å². The topological polar surface area (TPSA) is 73.6 Å².